The Hall–Kier alpha value is -3.45. The molecule has 0 aliphatic carbocycles. The van der Waals surface area contributed by atoms with Crippen LogP contribution >= 0.6 is 11.8 Å². The fourth-order valence-electron chi connectivity index (χ4n) is 2.94. The maximum absolute atomic E-state index is 5.67. The van der Waals surface area contributed by atoms with E-state index in [0.29, 0.717) is 23.3 Å². The minimum Gasteiger partial charge on any atom is -0.459 e. The van der Waals surface area contributed by atoms with E-state index in [9.17, 15) is 0 Å². The number of benzene rings is 2. The van der Waals surface area contributed by atoms with Crippen molar-refractivity contribution in [3.8, 4) is 22.9 Å². The first-order valence-electron chi connectivity index (χ1n) is 8.68. The zero-order chi connectivity index (χ0) is 18.8. The smallest absolute Gasteiger partial charge is 0.283 e. The van der Waals surface area contributed by atoms with E-state index in [2.05, 4.69) is 32.5 Å². The van der Waals surface area contributed by atoms with Gasteiger partial charge >= 0.3 is 0 Å². The van der Waals surface area contributed by atoms with Crippen LogP contribution in [0.25, 0.3) is 33.7 Å². The van der Waals surface area contributed by atoms with Gasteiger partial charge in [0.2, 0.25) is 5.89 Å². The van der Waals surface area contributed by atoms with Crippen LogP contribution in [-0.2, 0) is 5.75 Å². The van der Waals surface area contributed by atoms with Crippen LogP contribution in [0.4, 0.5) is 0 Å². The lowest BCUT2D eigenvalue weighted by atomic mass is 10.1. The highest BCUT2D eigenvalue weighted by Gasteiger charge is 2.14. The van der Waals surface area contributed by atoms with Crippen LogP contribution in [-0.4, -0.2) is 20.4 Å². The van der Waals surface area contributed by atoms with Gasteiger partial charge in [-0.25, -0.2) is 0 Å². The molecular formula is C21H14N4O2S. The highest BCUT2D eigenvalue weighted by Crippen LogP contribution is 2.33. The Labute approximate surface area is 164 Å². The van der Waals surface area contributed by atoms with Crippen molar-refractivity contribution < 1.29 is 8.83 Å². The van der Waals surface area contributed by atoms with Crippen LogP contribution in [0.1, 0.15) is 5.89 Å². The molecule has 0 unspecified atom stereocenters. The summed E-state index contributed by atoms with van der Waals surface area (Å²) in [6, 6.07) is 21.8. The molecule has 28 heavy (non-hydrogen) atoms. The van der Waals surface area contributed by atoms with Gasteiger partial charge in [-0.05, 0) is 12.1 Å². The first-order chi connectivity index (χ1) is 13.9. The maximum atomic E-state index is 5.67. The number of nitrogens with zero attached hydrogens (tertiary/aromatic N) is 4. The predicted molar refractivity (Wildman–Crippen MR) is 107 cm³/mol. The van der Waals surface area contributed by atoms with Gasteiger partial charge in [0, 0.05) is 16.3 Å². The topological polar surface area (TPSA) is 77.8 Å². The van der Waals surface area contributed by atoms with E-state index in [-0.39, 0.29) is 0 Å². The van der Waals surface area contributed by atoms with Crippen molar-refractivity contribution in [3.05, 3.63) is 78.9 Å². The molecule has 6 nitrogen and oxygen atoms in total. The number of thioether (sulfide) groups is 1. The van der Waals surface area contributed by atoms with E-state index in [0.717, 1.165) is 27.1 Å². The average Bonchev–Trinajstić information content (AvgIpc) is 3.44. The highest BCUT2D eigenvalue weighted by molar-refractivity contribution is 7.98. The standard InChI is InChI=1S/C21H14N4O2S/c1-2-7-14(8-3-1)19-15-9-4-5-10-16(15)21(25-23-19)28-13-18-22-24-20(27-18)17-11-6-12-26-17/h1-12H,13H2. The Morgan fingerprint density at radius 2 is 1.57 bits per heavy atom. The molecule has 0 N–H and O–H groups in total. The summed E-state index contributed by atoms with van der Waals surface area (Å²) >= 11 is 1.52. The molecule has 0 amide bonds. The van der Waals surface area contributed by atoms with Gasteiger partial charge in [0.15, 0.2) is 5.76 Å². The lowest BCUT2D eigenvalue weighted by Gasteiger charge is -2.08. The van der Waals surface area contributed by atoms with Gasteiger partial charge in [0.25, 0.3) is 5.89 Å². The average molecular weight is 386 g/mol. The predicted octanol–water partition coefficient (Wildman–Crippen LogP) is 5.23. The summed E-state index contributed by atoms with van der Waals surface area (Å²) in [5, 5.41) is 20.0. The molecule has 3 aromatic heterocycles. The summed E-state index contributed by atoms with van der Waals surface area (Å²) in [5.74, 6) is 1.93. The normalized spacial score (nSPS) is 11.1. The van der Waals surface area contributed by atoms with E-state index in [4.69, 9.17) is 8.83 Å². The molecule has 0 aliphatic rings. The van der Waals surface area contributed by atoms with E-state index in [1.165, 1.54) is 11.8 Å². The second-order valence-electron chi connectivity index (χ2n) is 6.03. The molecule has 7 heteroatoms. The van der Waals surface area contributed by atoms with Crippen molar-refractivity contribution in [1.82, 2.24) is 20.4 Å². The molecule has 136 valence electrons. The van der Waals surface area contributed by atoms with Crippen molar-refractivity contribution in [2.45, 2.75) is 10.8 Å². The Kier molecular flexibility index (Phi) is 4.34. The van der Waals surface area contributed by atoms with Gasteiger partial charge in [0.05, 0.1) is 12.0 Å². The second kappa shape index (κ2) is 7.28. The molecule has 0 fully saturated rings. The molecule has 0 bridgehead atoms. The van der Waals surface area contributed by atoms with Crippen LogP contribution in [0.5, 0.6) is 0 Å². The van der Waals surface area contributed by atoms with Crippen LogP contribution in [0, 0.1) is 0 Å². The summed E-state index contributed by atoms with van der Waals surface area (Å²) < 4.78 is 11.0. The summed E-state index contributed by atoms with van der Waals surface area (Å²) in [6.45, 7) is 0. The quantitative estimate of drug-likeness (QED) is 0.383. The fourth-order valence-corrected chi connectivity index (χ4v) is 3.75. The van der Waals surface area contributed by atoms with Gasteiger partial charge in [0.1, 0.15) is 10.7 Å². The molecule has 0 atom stereocenters. The van der Waals surface area contributed by atoms with Crippen molar-refractivity contribution in [2.24, 2.45) is 0 Å². The molecular weight excluding hydrogens is 372 g/mol. The van der Waals surface area contributed by atoms with Crippen LogP contribution in [0.2, 0.25) is 0 Å². The summed E-state index contributed by atoms with van der Waals surface area (Å²) in [7, 11) is 0. The molecule has 3 heterocycles. The summed E-state index contributed by atoms with van der Waals surface area (Å²) in [5.41, 5.74) is 1.92. The highest BCUT2D eigenvalue weighted by atomic mass is 32.2. The third kappa shape index (κ3) is 3.16. The molecule has 0 radical (unpaired) electrons. The molecule has 0 aliphatic heterocycles. The second-order valence-corrected chi connectivity index (χ2v) is 7.00. The minimum atomic E-state index is 0.371. The zero-order valence-corrected chi connectivity index (χ0v) is 15.5. The number of rotatable bonds is 5. The zero-order valence-electron chi connectivity index (χ0n) is 14.6. The van der Waals surface area contributed by atoms with Crippen molar-refractivity contribution in [1.29, 1.82) is 0 Å². The third-order valence-corrected chi connectivity index (χ3v) is 5.20. The molecule has 5 rings (SSSR count). The van der Waals surface area contributed by atoms with Crippen LogP contribution < -0.4 is 0 Å². The van der Waals surface area contributed by atoms with Gasteiger partial charge in [-0.3, -0.25) is 0 Å². The number of furan rings is 1. The fraction of sp³-hybridized carbons (Fsp3) is 0.0476. The minimum absolute atomic E-state index is 0.371. The summed E-state index contributed by atoms with van der Waals surface area (Å²) in [6.07, 6.45) is 1.57. The van der Waals surface area contributed by atoms with Gasteiger partial charge < -0.3 is 8.83 Å². The molecule has 0 saturated carbocycles. The SMILES string of the molecule is c1ccc(-c2nnc(SCc3nnc(-c4ccco4)o3)c3ccccc23)cc1. The van der Waals surface area contributed by atoms with Gasteiger partial charge in [-0.15, -0.1) is 20.4 Å². The van der Waals surface area contributed by atoms with E-state index in [1.807, 2.05) is 42.5 Å². The van der Waals surface area contributed by atoms with Crippen molar-refractivity contribution >= 4 is 22.5 Å². The largest absolute Gasteiger partial charge is 0.459 e. The molecule has 5 aromatic rings. The first-order valence-corrected chi connectivity index (χ1v) is 9.67. The van der Waals surface area contributed by atoms with E-state index in [1.54, 1.807) is 18.4 Å². The van der Waals surface area contributed by atoms with Crippen LogP contribution in [0.3, 0.4) is 0 Å². The van der Waals surface area contributed by atoms with Gasteiger partial charge in [-0.1, -0.05) is 66.4 Å². The van der Waals surface area contributed by atoms with Gasteiger partial charge in [-0.2, -0.15) is 0 Å². The monoisotopic (exact) mass is 386 g/mol. The molecule has 0 spiro atoms. The van der Waals surface area contributed by atoms with Crippen molar-refractivity contribution in [2.75, 3.05) is 0 Å². The van der Waals surface area contributed by atoms with Crippen LogP contribution in [0.15, 0.2) is 86.9 Å². The lowest BCUT2D eigenvalue weighted by Crippen LogP contribution is -1.94. The van der Waals surface area contributed by atoms with E-state index >= 15 is 0 Å². The summed E-state index contributed by atoms with van der Waals surface area (Å²) in [4.78, 5) is 0. The third-order valence-electron chi connectivity index (χ3n) is 4.23. The van der Waals surface area contributed by atoms with Crippen molar-refractivity contribution in [3.63, 3.8) is 0 Å². The molecule has 0 saturated heterocycles. The number of aromatic nitrogens is 4. The number of hydrogen-bond acceptors (Lipinski definition) is 7. The maximum Gasteiger partial charge on any atom is 0.283 e. The Bertz CT molecular complexity index is 1220. The number of fused-ring (bicyclic) bond motifs is 1. The number of hydrogen-bond donors (Lipinski definition) is 0. The Morgan fingerprint density at radius 3 is 2.39 bits per heavy atom. The van der Waals surface area contributed by atoms with E-state index < -0.39 is 0 Å². The Morgan fingerprint density at radius 1 is 0.750 bits per heavy atom. The molecule has 2 aromatic carbocycles. The first kappa shape index (κ1) is 16.7. The Balaban J connectivity index is 1.44. The lowest BCUT2D eigenvalue weighted by molar-refractivity contribution is 0.494.